The Labute approximate surface area is 141 Å². The van der Waals surface area contributed by atoms with Crippen LogP contribution in [0.4, 0.5) is 0 Å². The summed E-state index contributed by atoms with van der Waals surface area (Å²) in [4.78, 5) is 0. The van der Waals surface area contributed by atoms with Gasteiger partial charge in [0.15, 0.2) is 0 Å². The van der Waals surface area contributed by atoms with Gasteiger partial charge in [-0.25, -0.2) is 0 Å². The van der Waals surface area contributed by atoms with Gasteiger partial charge in [-0.3, -0.25) is 0 Å². The van der Waals surface area contributed by atoms with Gasteiger partial charge in [-0.15, -0.1) is 0 Å². The first-order chi connectivity index (χ1) is 8.84. The van der Waals surface area contributed by atoms with Crippen molar-refractivity contribution < 1.29 is 47.7 Å². The van der Waals surface area contributed by atoms with Gasteiger partial charge in [0.2, 0.25) is 0 Å². The number of para-hydroxylation sites is 1. The maximum atomic E-state index is 6.05. The molecule has 0 amide bonds. The van der Waals surface area contributed by atoms with Gasteiger partial charge in [-0.1, -0.05) is 0 Å². The number of rotatable bonds is 3. The van der Waals surface area contributed by atoms with Crippen molar-refractivity contribution in [3.05, 3.63) is 71.3 Å². The van der Waals surface area contributed by atoms with E-state index < -0.39 is 19.5 Å². The van der Waals surface area contributed by atoms with Crippen LogP contribution >= 0.6 is 0 Å². The molecule has 0 saturated carbocycles. The maximum Gasteiger partial charge on any atom is -1.00 e. The Bertz CT molecular complexity index is 599. The van der Waals surface area contributed by atoms with Crippen molar-refractivity contribution in [3.63, 3.8) is 0 Å². The third kappa shape index (κ3) is 3.68. The van der Waals surface area contributed by atoms with Gasteiger partial charge in [0, 0.05) is 0 Å². The Morgan fingerprint density at radius 1 is 0.950 bits per heavy atom. The fourth-order valence-electron chi connectivity index (χ4n) is 2.15. The van der Waals surface area contributed by atoms with Crippen molar-refractivity contribution in [2.75, 3.05) is 0 Å². The largest absolute Gasteiger partial charge is 1.00 e. The predicted molar refractivity (Wildman–Crippen MR) is 70.0 cm³/mol. The Balaban J connectivity index is 0.000001000. The van der Waals surface area contributed by atoms with Gasteiger partial charge in [-0.05, 0) is 0 Å². The number of hydrogen-bond acceptors (Lipinski definition) is 1. The Kier molecular flexibility index (Phi) is 6.84. The number of benzene rings is 2. The Hall–Kier alpha value is -0.726. The molecule has 1 aliphatic rings. The molecule has 0 radical (unpaired) electrons. The molecule has 0 bridgehead atoms. The quantitative estimate of drug-likeness (QED) is 0.596. The molecule has 1 atom stereocenters. The summed E-state index contributed by atoms with van der Waals surface area (Å²) in [6, 6.07) is 16.8. The topological polar surface area (TPSA) is 9.23 Å². The first-order valence-corrected chi connectivity index (χ1v) is 7.63. The average molecular weight is 341 g/mol. The van der Waals surface area contributed by atoms with Crippen LogP contribution in [-0.2, 0) is 19.5 Å². The minimum absolute atomic E-state index is 0. The molecule has 1 aliphatic carbocycles. The number of halogens is 2. The van der Waals surface area contributed by atoms with E-state index in [1.807, 2.05) is 12.1 Å². The minimum Gasteiger partial charge on any atom is -1.00 e. The summed E-state index contributed by atoms with van der Waals surface area (Å²) in [5.41, 5.74) is 3.99. The molecule has 0 fully saturated rings. The van der Waals surface area contributed by atoms with E-state index in [1.165, 1.54) is 16.7 Å². The minimum atomic E-state index is -0.494. The fourth-order valence-corrected chi connectivity index (χ4v) is 3.79. The van der Waals surface area contributed by atoms with Crippen LogP contribution in [0.25, 0.3) is 6.08 Å². The van der Waals surface area contributed by atoms with Crippen LogP contribution in [0.1, 0.15) is 20.9 Å². The van der Waals surface area contributed by atoms with E-state index in [2.05, 4.69) is 55.5 Å². The van der Waals surface area contributed by atoms with Crippen LogP contribution in [0.3, 0.4) is 0 Å². The standard InChI is InChI=1S/C9H7.C7H8O.2ClH.Ti/c1-2-5-9-7-3-6-8(9)4-1;1-6-4-2-3-5-7(6)8;;;/h1-7H;2-5,8H,1H3;2*1H;/q;;;;+3/p-3. The zero-order valence-corrected chi connectivity index (χ0v) is 14.1. The molecule has 1 nitrogen and oxygen atoms in total. The fraction of sp³-hybridized carbons (Fsp3) is 0.125. The summed E-state index contributed by atoms with van der Waals surface area (Å²) in [6.45, 7) is 2.10. The maximum absolute atomic E-state index is 6.05. The van der Waals surface area contributed by atoms with Gasteiger partial charge in [0.25, 0.3) is 0 Å². The molecule has 0 heterocycles. The number of fused-ring (bicyclic) bond motifs is 1. The Morgan fingerprint density at radius 3 is 2.45 bits per heavy atom. The third-order valence-corrected chi connectivity index (χ3v) is 4.90. The summed E-state index contributed by atoms with van der Waals surface area (Å²) < 4.78 is 6.55. The van der Waals surface area contributed by atoms with Gasteiger partial charge < -0.3 is 24.8 Å². The molecule has 3 rings (SSSR count). The summed E-state index contributed by atoms with van der Waals surface area (Å²) in [7, 11) is 0. The Morgan fingerprint density at radius 2 is 1.65 bits per heavy atom. The second-order valence-corrected chi connectivity index (χ2v) is 6.11. The van der Waals surface area contributed by atoms with E-state index in [9.17, 15) is 0 Å². The van der Waals surface area contributed by atoms with Crippen LogP contribution in [0.2, 0.25) is 0 Å². The molecule has 0 N–H and O–H groups in total. The van der Waals surface area contributed by atoms with Crippen LogP contribution in [0.5, 0.6) is 5.75 Å². The monoisotopic (exact) mass is 340 g/mol. The van der Waals surface area contributed by atoms with Gasteiger partial charge in [-0.2, -0.15) is 0 Å². The molecule has 1 unspecified atom stereocenters. The molecule has 0 saturated heterocycles. The van der Waals surface area contributed by atoms with Crippen molar-refractivity contribution >= 4 is 6.08 Å². The van der Waals surface area contributed by atoms with Crippen LogP contribution < -0.4 is 28.1 Å². The summed E-state index contributed by atoms with van der Waals surface area (Å²) in [5.74, 6) is 1.04. The molecule has 0 spiro atoms. The smallest absolute Gasteiger partial charge is 1.00 e. The van der Waals surface area contributed by atoms with E-state index in [4.69, 9.17) is 3.32 Å². The molecular formula is C16H14Cl2OTi. The first kappa shape index (κ1) is 17.3. The normalized spacial score (nSPS) is 14.6. The van der Waals surface area contributed by atoms with E-state index >= 15 is 0 Å². The van der Waals surface area contributed by atoms with Crippen LogP contribution in [0.15, 0.2) is 54.6 Å². The zero-order valence-electron chi connectivity index (χ0n) is 11.0. The second kappa shape index (κ2) is 7.90. The first-order valence-electron chi connectivity index (χ1n) is 6.10. The van der Waals surface area contributed by atoms with Gasteiger partial charge in [0.05, 0.1) is 0 Å². The summed E-state index contributed by atoms with van der Waals surface area (Å²) in [6.07, 6.45) is 4.49. The van der Waals surface area contributed by atoms with Crippen molar-refractivity contribution in [1.29, 1.82) is 0 Å². The second-order valence-electron chi connectivity index (χ2n) is 4.45. The predicted octanol–water partition coefficient (Wildman–Crippen LogP) is -1.85. The van der Waals surface area contributed by atoms with Gasteiger partial charge in [0.1, 0.15) is 0 Å². The molecule has 0 aliphatic heterocycles. The molecular weight excluding hydrogens is 327 g/mol. The SMILES string of the molecule is Cc1ccccc1[O][Ti+2][CH]1C=Cc2ccccc21.[Cl-].[Cl-]. The van der Waals surface area contributed by atoms with Crippen LogP contribution in [-0.4, -0.2) is 0 Å². The number of aryl methyl sites for hydroxylation is 1. The number of hydrogen-bond donors (Lipinski definition) is 0. The van der Waals surface area contributed by atoms with Crippen molar-refractivity contribution in [2.45, 2.75) is 11.1 Å². The average Bonchev–Trinajstić information content (AvgIpc) is 2.81. The van der Waals surface area contributed by atoms with Crippen molar-refractivity contribution in [3.8, 4) is 5.75 Å². The molecule has 20 heavy (non-hydrogen) atoms. The van der Waals surface area contributed by atoms with Crippen molar-refractivity contribution in [1.82, 2.24) is 0 Å². The zero-order chi connectivity index (χ0) is 12.4. The summed E-state index contributed by atoms with van der Waals surface area (Å²) >= 11 is -0.494. The molecule has 2 aromatic carbocycles. The molecule has 2 aromatic rings. The third-order valence-electron chi connectivity index (χ3n) is 3.19. The van der Waals surface area contributed by atoms with Crippen molar-refractivity contribution in [2.24, 2.45) is 0 Å². The molecule has 4 heteroatoms. The van der Waals surface area contributed by atoms with E-state index in [-0.39, 0.29) is 24.8 Å². The molecule has 0 aromatic heterocycles. The summed E-state index contributed by atoms with van der Waals surface area (Å²) in [5, 5.41) is 0. The van der Waals surface area contributed by atoms with E-state index in [0.29, 0.717) is 4.22 Å². The van der Waals surface area contributed by atoms with Crippen LogP contribution in [0, 0.1) is 6.92 Å². The number of allylic oxidation sites excluding steroid dienone is 1. The van der Waals surface area contributed by atoms with Gasteiger partial charge >= 0.3 is 117 Å². The molecule has 102 valence electrons. The van der Waals surface area contributed by atoms with E-state index in [0.717, 1.165) is 5.75 Å². The van der Waals surface area contributed by atoms with E-state index in [1.54, 1.807) is 0 Å².